The van der Waals surface area contributed by atoms with Crippen LogP contribution in [0.15, 0.2) is 35.6 Å². The Morgan fingerprint density at radius 3 is 3.16 bits per heavy atom. The maximum atomic E-state index is 11.6. The van der Waals surface area contributed by atoms with Gasteiger partial charge in [0.1, 0.15) is 0 Å². The number of aromatic nitrogens is 1. The zero-order chi connectivity index (χ0) is 13.7. The van der Waals surface area contributed by atoms with Crippen LogP contribution in [0.25, 0.3) is 27.4 Å². The molecule has 19 heavy (non-hydrogen) atoms. The molecular weight excluding hydrogens is 244 g/mol. The van der Waals surface area contributed by atoms with Crippen LogP contribution < -0.4 is 0 Å². The fourth-order valence-corrected chi connectivity index (χ4v) is 1.79. The molecule has 0 fully saturated rings. The third-order valence-electron chi connectivity index (χ3n) is 2.67. The van der Waals surface area contributed by atoms with Crippen LogP contribution in [0.1, 0.15) is 15.9 Å². The maximum absolute atomic E-state index is 11.6. The Hall–Kier alpha value is -2.72. The van der Waals surface area contributed by atoms with Crippen LogP contribution in [0.5, 0.6) is 0 Å². The van der Waals surface area contributed by atoms with Gasteiger partial charge in [0.25, 0.3) is 0 Å². The quantitative estimate of drug-likeness (QED) is 0.393. The number of nitrogens with one attached hydrogen (secondary N) is 1. The van der Waals surface area contributed by atoms with Gasteiger partial charge in [-0.25, -0.2) is 4.79 Å². The number of methoxy groups -OCH3 is 1. The van der Waals surface area contributed by atoms with Crippen molar-refractivity contribution in [1.82, 2.24) is 4.98 Å². The summed E-state index contributed by atoms with van der Waals surface area (Å²) >= 11 is 0. The van der Waals surface area contributed by atoms with Crippen LogP contribution in [0.3, 0.4) is 0 Å². The largest absolute Gasteiger partial charge is 0.465 e. The first-order chi connectivity index (χ1) is 9.26. The van der Waals surface area contributed by atoms with Crippen molar-refractivity contribution in [2.24, 2.45) is 5.11 Å². The number of esters is 1. The van der Waals surface area contributed by atoms with Gasteiger partial charge in [-0.1, -0.05) is 23.3 Å². The van der Waals surface area contributed by atoms with Gasteiger partial charge >= 0.3 is 5.97 Å². The minimum absolute atomic E-state index is 0.297. The van der Waals surface area contributed by atoms with E-state index in [1.807, 2.05) is 24.3 Å². The van der Waals surface area contributed by atoms with Gasteiger partial charge < -0.3 is 9.72 Å². The van der Waals surface area contributed by atoms with Crippen molar-refractivity contribution in [3.63, 3.8) is 0 Å². The molecule has 1 aromatic heterocycles. The molecule has 6 heteroatoms. The molecule has 0 aliphatic heterocycles. The van der Waals surface area contributed by atoms with Crippen molar-refractivity contribution < 1.29 is 9.53 Å². The molecular formula is C13H12N4O2. The molecule has 1 aromatic carbocycles. The van der Waals surface area contributed by atoms with Crippen LogP contribution in [-0.2, 0) is 4.74 Å². The van der Waals surface area contributed by atoms with Gasteiger partial charge in [0, 0.05) is 28.6 Å². The Bertz CT molecular complexity index is 681. The number of nitrogens with zero attached hydrogens (tertiary/aromatic N) is 3. The van der Waals surface area contributed by atoms with E-state index in [1.165, 1.54) is 7.11 Å². The van der Waals surface area contributed by atoms with Crippen LogP contribution >= 0.6 is 0 Å². The van der Waals surface area contributed by atoms with E-state index in [1.54, 1.807) is 12.3 Å². The first kappa shape index (κ1) is 12.7. The molecule has 1 N–H and O–H groups in total. The molecule has 0 saturated carbocycles. The number of rotatable bonds is 4. The Balaban J connectivity index is 2.35. The van der Waals surface area contributed by atoms with Crippen molar-refractivity contribution >= 4 is 22.9 Å². The van der Waals surface area contributed by atoms with E-state index in [2.05, 4.69) is 15.0 Å². The van der Waals surface area contributed by atoms with Crippen molar-refractivity contribution in [3.8, 4) is 0 Å². The summed E-state index contributed by atoms with van der Waals surface area (Å²) < 4.78 is 4.72. The molecule has 6 nitrogen and oxygen atoms in total. The fourth-order valence-electron chi connectivity index (χ4n) is 1.79. The van der Waals surface area contributed by atoms with Gasteiger partial charge in [0.05, 0.1) is 12.7 Å². The lowest BCUT2D eigenvalue weighted by Crippen LogP contribution is -1.99. The summed E-state index contributed by atoms with van der Waals surface area (Å²) in [6, 6.07) is 5.67. The predicted octanol–water partition coefficient (Wildman–Crippen LogP) is 3.28. The molecule has 0 bridgehead atoms. The van der Waals surface area contributed by atoms with Crippen molar-refractivity contribution in [3.05, 3.63) is 52.0 Å². The number of H-pyrrole nitrogens is 1. The van der Waals surface area contributed by atoms with E-state index in [4.69, 9.17) is 10.3 Å². The molecule has 0 unspecified atom stereocenters. The maximum Gasteiger partial charge on any atom is 0.340 e. The molecule has 1 heterocycles. The third-order valence-corrected chi connectivity index (χ3v) is 2.67. The number of benzene rings is 1. The Morgan fingerprint density at radius 1 is 1.58 bits per heavy atom. The normalized spacial score (nSPS) is 10.6. The number of fused-ring (bicyclic) bond motifs is 1. The topological polar surface area (TPSA) is 90.9 Å². The third kappa shape index (κ3) is 2.75. The standard InChI is InChI=1S/C13H12N4O2/c1-19-13(18)11-8-15-12-5-4-9(7-10(11)12)3-2-6-16-17-14/h2-5,7-8,15H,6H2,1H3. The number of hydrogen-bond acceptors (Lipinski definition) is 3. The monoisotopic (exact) mass is 256 g/mol. The highest BCUT2D eigenvalue weighted by Crippen LogP contribution is 2.21. The summed E-state index contributed by atoms with van der Waals surface area (Å²) in [7, 11) is 1.35. The summed E-state index contributed by atoms with van der Waals surface area (Å²) in [5.74, 6) is -0.374. The van der Waals surface area contributed by atoms with Gasteiger partial charge in [-0.05, 0) is 23.2 Å². The smallest absolute Gasteiger partial charge is 0.340 e. The molecule has 0 aliphatic carbocycles. The molecule has 0 atom stereocenters. The average molecular weight is 256 g/mol. The Morgan fingerprint density at radius 2 is 2.42 bits per heavy atom. The van der Waals surface area contributed by atoms with Gasteiger partial charge in [-0.15, -0.1) is 0 Å². The molecule has 0 aliphatic rings. The van der Waals surface area contributed by atoms with Crippen LogP contribution in [0.2, 0.25) is 0 Å². The summed E-state index contributed by atoms with van der Waals surface area (Å²) in [6.07, 6.45) is 5.22. The molecule has 0 saturated heterocycles. The van der Waals surface area contributed by atoms with Crippen molar-refractivity contribution in [2.75, 3.05) is 13.7 Å². The molecule has 0 spiro atoms. The van der Waals surface area contributed by atoms with Crippen LogP contribution in [0.4, 0.5) is 0 Å². The first-order valence-electron chi connectivity index (χ1n) is 5.63. The molecule has 0 amide bonds. The fraction of sp³-hybridized carbons (Fsp3) is 0.154. The SMILES string of the molecule is COC(=O)c1c[nH]c2ccc(C=CCN=[N+]=[N-])cc12. The number of ether oxygens (including phenoxy) is 1. The van der Waals surface area contributed by atoms with Gasteiger partial charge in [0.15, 0.2) is 0 Å². The average Bonchev–Trinajstić information content (AvgIpc) is 2.86. The van der Waals surface area contributed by atoms with E-state index in [0.717, 1.165) is 16.5 Å². The van der Waals surface area contributed by atoms with Gasteiger partial charge in [-0.3, -0.25) is 0 Å². The lowest BCUT2D eigenvalue weighted by Gasteiger charge is -1.98. The Kier molecular flexibility index (Phi) is 3.85. The predicted molar refractivity (Wildman–Crippen MR) is 72.7 cm³/mol. The zero-order valence-electron chi connectivity index (χ0n) is 10.3. The second kappa shape index (κ2) is 5.75. The highest BCUT2D eigenvalue weighted by molar-refractivity contribution is 6.04. The zero-order valence-corrected chi connectivity index (χ0v) is 10.3. The highest BCUT2D eigenvalue weighted by atomic mass is 16.5. The van der Waals surface area contributed by atoms with Crippen LogP contribution in [-0.4, -0.2) is 24.6 Å². The number of carbonyl (C=O) groups is 1. The number of carbonyl (C=O) groups excluding carboxylic acids is 1. The van der Waals surface area contributed by atoms with Gasteiger partial charge in [-0.2, -0.15) is 0 Å². The summed E-state index contributed by atoms with van der Waals surface area (Å²) in [5.41, 5.74) is 10.5. The second-order valence-electron chi connectivity index (χ2n) is 3.81. The van der Waals surface area contributed by atoms with Gasteiger partial charge in [0.2, 0.25) is 0 Å². The summed E-state index contributed by atoms with van der Waals surface area (Å²) in [6.45, 7) is 0.297. The van der Waals surface area contributed by atoms with E-state index >= 15 is 0 Å². The van der Waals surface area contributed by atoms with Crippen LogP contribution in [0, 0.1) is 0 Å². The lowest BCUT2D eigenvalue weighted by atomic mass is 10.1. The minimum Gasteiger partial charge on any atom is -0.465 e. The molecule has 0 radical (unpaired) electrons. The molecule has 2 aromatic rings. The second-order valence-corrected chi connectivity index (χ2v) is 3.81. The van der Waals surface area contributed by atoms with E-state index in [0.29, 0.717) is 12.1 Å². The first-order valence-corrected chi connectivity index (χ1v) is 5.63. The van der Waals surface area contributed by atoms with E-state index in [9.17, 15) is 4.79 Å². The molecule has 2 rings (SSSR count). The highest BCUT2D eigenvalue weighted by Gasteiger charge is 2.11. The minimum atomic E-state index is -0.374. The number of azide groups is 1. The summed E-state index contributed by atoms with van der Waals surface area (Å²) in [4.78, 5) is 17.3. The van der Waals surface area contributed by atoms with E-state index < -0.39 is 0 Å². The van der Waals surface area contributed by atoms with Crippen molar-refractivity contribution in [2.45, 2.75) is 0 Å². The Labute approximate surface area is 109 Å². The molecule has 96 valence electrons. The summed E-state index contributed by atoms with van der Waals surface area (Å²) in [5, 5.41) is 4.22. The number of aromatic amines is 1. The van der Waals surface area contributed by atoms with Crippen molar-refractivity contribution in [1.29, 1.82) is 0 Å². The lowest BCUT2D eigenvalue weighted by molar-refractivity contribution is 0.0603. The van der Waals surface area contributed by atoms with E-state index in [-0.39, 0.29) is 5.97 Å². The number of hydrogen-bond donors (Lipinski definition) is 1.